The van der Waals surface area contributed by atoms with E-state index in [4.69, 9.17) is 4.74 Å². The Balaban J connectivity index is 1.83. The number of hydrogen-bond acceptors (Lipinski definition) is 6. The average Bonchev–Trinajstić information content (AvgIpc) is 3.44. The lowest BCUT2D eigenvalue weighted by Crippen LogP contribution is -2.30. The summed E-state index contributed by atoms with van der Waals surface area (Å²) >= 11 is 2.72. The van der Waals surface area contributed by atoms with E-state index < -0.39 is 17.7 Å². The fourth-order valence-electron chi connectivity index (χ4n) is 3.25. The molecule has 1 atom stereocenters. The van der Waals surface area contributed by atoms with Crippen LogP contribution in [0.25, 0.3) is 0 Å². The van der Waals surface area contributed by atoms with Crippen molar-refractivity contribution in [3.63, 3.8) is 0 Å². The van der Waals surface area contributed by atoms with Gasteiger partial charge >= 0.3 is 0 Å². The van der Waals surface area contributed by atoms with Gasteiger partial charge < -0.3 is 9.84 Å². The number of hydrogen-bond donors (Lipinski definition) is 1. The van der Waals surface area contributed by atoms with Gasteiger partial charge in [-0.05, 0) is 41.9 Å². The summed E-state index contributed by atoms with van der Waals surface area (Å²) in [5.41, 5.74) is 0.673. The summed E-state index contributed by atoms with van der Waals surface area (Å²) in [4.78, 5) is 28.9. The molecule has 1 aromatic carbocycles. The first-order valence-electron chi connectivity index (χ1n) is 8.73. The smallest absolute Gasteiger partial charge is 0.294 e. The van der Waals surface area contributed by atoms with Crippen LogP contribution in [0.2, 0.25) is 0 Å². The zero-order valence-corrected chi connectivity index (χ0v) is 16.6. The fourth-order valence-corrected chi connectivity index (χ4v) is 4.75. The highest BCUT2D eigenvalue weighted by Crippen LogP contribution is 2.44. The number of amides is 1. The lowest BCUT2D eigenvalue weighted by Gasteiger charge is -2.26. The molecule has 0 radical (unpaired) electrons. The Morgan fingerprint density at radius 2 is 1.93 bits per heavy atom. The predicted molar refractivity (Wildman–Crippen MR) is 110 cm³/mol. The standard InChI is InChI=1S/C21H17NO4S2/c1-2-26-14-7-3-6-13(12-14)22-18(15-8-4-10-27-15)17(20(24)21(22)25)19(23)16-9-5-11-28-16/h3-12,18,24H,2H2,1H3. The third-order valence-electron chi connectivity index (χ3n) is 4.42. The van der Waals surface area contributed by atoms with E-state index in [0.717, 1.165) is 4.88 Å². The van der Waals surface area contributed by atoms with Gasteiger partial charge in [0.1, 0.15) is 11.8 Å². The molecular formula is C21H17NO4S2. The lowest BCUT2D eigenvalue weighted by molar-refractivity contribution is -0.117. The second-order valence-corrected chi connectivity index (χ2v) is 8.02. The van der Waals surface area contributed by atoms with E-state index in [1.165, 1.54) is 27.6 Å². The minimum absolute atomic E-state index is 0.108. The molecule has 1 N–H and O–H groups in total. The third kappa shape index (κ3) is 3.12. The summed E-state index contributed by atoms with van der Waals surface area (Å²) in [6.07, 6.45) is 0. The number of Topliss-reactive ketones (excluding diaryl/α,β-unsaturated/α-hetero) is 1. The van der Waals surface area contributed by atoms with Gasteiger partial charge in [0.15, 0.2) is 5.76 Å². The molecule has 1 aliphatic heterocycles. The van der Waals surface area contributed by atoms with Gasteiger partial charge in [-0.25, -0.2) is 0 Å². The molecule has 1 unspecified atom stereocenters. The Labute approximate surface area is 170 Å². The summed E-state index contributed by atoms with van der Waals surface area (Å²) in [5, 5.41) is 14.3. The minimum Gasteiger partial charge on any atom is -0.503 e. The van der Waals surface area contributed by atoms with E-state index in [-0.39, 0.29) is 11.4 Å². The number of benzene rings is 1. The van der Waals surface area contributed by atoms with Gasteiger partial charge in [-0.15, -0.1) is 22.7 Å². The zero-order chi connectivity index (χ0) is 19.7. The summed E-state index contributed by atoms with van der Waals surface area (Å²) in [6, 6.07) is 13.6. The summed E-state index contributed by atoms with van der Waals surface area (Å²) in [5.74, 6) is -0.802. The Morgan fingerprint density at radius 1 is 1.14 bits per heavy atom. The van der Waals surface area contributed by atoms with Crippen LogP contribution in [0.5, 0.6) is 5.75 Å². The molecule has 1 amide bonds. The van der Waals surface area contributed by atoms with Gasteiger partial charge in [-0.1, -0.05) is 18.2 Å². The molecule has 3 aromatic rings. The van der Waals surface area contributed by atoms with Crippen LogP contribution in [0.4, 0.5) is 5.69 Å². The van der Waals surface area contributed by atoms with E-state index in [9.17, 15) is 14.7 Å². The van der Waals surface area contributed by atoms with Gasteiger partial charge in [-0.2, -0.15) is 0 Å². The molecule has 0 saturated heterocycles. The Hall–Kier alpha value is -2.90. The van der Waals surface area contributed by atoms with Crippen LogP contribution in [-0.4, -0.2) is 23.4 Å². The molecule has 3 heterocycles. The number of anilines is 1. The predicted octanol–water partition coefficient (Wildman–Crippen LogP) is 4.99. The second-order valence-electron chi connectivity index (χ2n) is 6.09. The topological polar surface area (TPSA) is 66.8 Å². The summed E-state index contributed by atoms with van der Waals surface area (Å²) < 4.78 is 5.55. The van der Waals surface area contributed by atoms with Crippen molar-refractivity contribution in [2.24, 2.45) is 0 Å². The monoisotopic (exact) mass is 411 g/mol. The van der Waals surface area contributed by atoms with Crippen LogP contribution < -0.4 is 9.64 Å². The van der Waals surface area contributed by atoms with Crippen LogP contribution in [0.3, 0.4) is 0 Å². The van der Waals surface area contributed by atoms with E-state index in [1.807, 2.05) is 24.4 Å². The number of ketones is 1. The maximum atomic E-state index is 13.1. The average molecular weight is 412 g/mol. The fraction of sp³-hybridized carbons (Fsp3) is 0.143. The van der Waals surface area contributed by atoms with E-state index in [0.29, 0.717) is 22.9 Å². The highest BCUT2D eigenvalue weighted by Gasteiger charge is 2.45. The van der Waals surface area contributed by atoms with Gasteiger partial charge in [0.2, 0.25) is 5.78 Å². The lowest BCUT2D eigenvalue weighted by atomic mass is 10.0. The molecule has 28 heavy (non-hydrogen) atoms. The van der Waals surface area contributed by atoms with Crippen LogP contribution in [0.15, 0.2) is 70.6 Å². The molecule has 0 aliphatic carbocycles. The van der Waals surface area contributed by atoms with E-state index >= 15 is 0 Å². The quantitative estimate of drug-likeness (QED) is 0.580. The number of carbonyl (C=O) groups excluding carboxylic acids is 2. The Kier molecular flexibility index (Phi) is 5.02. The molecule has 0 fully saturated rings. The summed E-state index contributed by atoms with van der Waals surface area (Å²) in [6.45, 7) is 2.38. The molecular weight excluding hydrogens is 394 g/mol. The van der Waals surface area contributed by atoms with Gasteiger partial charge in [0.25, 0.3) is 5.91 Å². The Bertz CT molecular complexity index is 1040. The van der Waals surface area contributed by atoms with E-state index in [1.54, 1.807) is 41.8 Å². The van der Waals surface area contributed by atoms with E-state index in [2.05, 4.69) is 0 Å². The van der Waals surface area contributed by atoms with Crippen LogP contribution in [-0.2, 0) is 4.79 Å². The second kappa shape index (κ2) is 7.61. The highest BCUT2D eigenvalue weighted by atomic mass is 32.1. The number of aliphatic hydroxyl groups is 1. The van der Waals surface area contributed by atoms with Gasteiger partial charge in [0, 0.05) is 16.6 Å². The first kappa shape index (κ1) is 18.5. The van der Waals surface area contributed by atoms with Gasteiger partial charge in [-0.3, -0.25) is 14.5 Å². The van der Waals surface area contributed by atoms with Crippen molar-refractivity contribution >= 4 is 40.1 Å². The molecule has 4 rings (SSSR count). The zero-order valence-electron chi connectivity index (χ0n) is 15.0. The number of nitrogens with zero attached hydrogens (tertiary/aromatic N) is 1. The minimum atomic E-state index is -0.682. The molecule has 5 nitrogen and oxygen atoms in total. The van der Waals surface area contributed by atoms with Crippen LogP contribution >= 0.6 is 22.7 Å². The number of thiophene rings is 2. The molecule has 142 valence electrons. The molecule has 1 aliphatic rings. The van der Waals surface area contributed by atoms with Crippen molar-refractivity contribution < 1.29 is 19.4 Å². The highest BCUT2D eigenvalue weighted by molar-refractivity contribution is 7.12. The van der Waals surface area contributed by atoms with Crippen molar-refractivity contribution in [3.05, 3.63) is 80.4 Å². The largest absolute Gasteiger partial charge is 0.503 e. The van der Waals surface area contributed by atoms with Crippen LogP contribution in [0.1, 0.15) is 27.5 Å². The van der Waals surface area contributed by atoms with Crippen molar-refractivity contribution in [2.75, 3.05) is 11.5 Å². The molecule has 2 aromatic heterocycles. The molecule has 7 heteroatoms. The molecule has 0 bridgehead atoms. The third-order valence-corrected chi connectivity index (χ3v) is 6.21. The van der Waals surface area contributed by atoms with Crippen molar-refractivity contribution in [2.45, 2.75) is 13.0 Å². The molecule has 0 spiro atoms. The first-order chi connectivity index (χ1) is 13.6. The van der Waals surface area contributed by atoms with Crippen LogP contribution in [0, 0.1) is 0 Å². The Morgan fingerprint density at radius 3 is 2.61 bits per heavy atom. The number of carbonyl (C=O) groups is 2. The maximum absolute atomic E-state index is 13.1. The number of aliphatic hydroxyl groups excluding tert-OH is 1. The number of ether oxygens (including phenoxy) is 1. The van der Waals surface area contributed by atoms with Crippen molar-refractivity contribution in [1.29, 1.82) is 0 Å². The van der Waals surface area contributed by atoms with Crippen molar-refractivity contribution in [3.8, 4) is 5.75 Å². The molecule has 0 saturated carbocycles. The van der Waals surface area contributed by atoms with Crippen molar-refractivity contribution in [1.82, 2.24) is 0 Å². The first-order valence-corrected chi connectivity index (χ1v) is 10.5. The maximum Gasteiger partial charge on any atom is 0.294 e. The normalized spacial score (nSPS) is 16.7. The SMILES string of the molecule is CCOc1cccc(N2C(=O)C(O)=C(C(=O)c3cccs3)C2c2cccs2)c1. The van der Waals surface area contributed by atoms with Gasteiger partial charge in [0.05, 0.1) is 17.1 Å². The number of rotatable bonds is 6. The summed E-state index contributed by atoms with van der Waals surface area (Å²) in [7, 11) is 0.